The SMILES string of the molecule is CCOc1ccc2[nH]c(C(=O)Nc3ccc4c(c3)C[C@@H](C)N4C(C)=O)c(C)c2c1. The van der Waals surface area contributed by atoms with E-state index in [1.54, 1.807) is 11.8 Å². The van der Waals surface area contributed by atoms with E-state index in [0.717, 1.165) is 45.6 Å². The van der Waals surface area contributed by atoms with Crippen LogP contribution in [-0.4, -0.2) is 29.4 Å². The number of carbonyl (C=O) groups is 2. The molecule has 29 heavy (non-hydrogen) atoms. The molecule has 2 N–H and O–H groups in total. The van der Waals surface area contributed by atoms with Crippen LogP contribution < -0.4 is 15.0 Å². The van der Waals surface area contributed by atoms with Crippen molar-refractivity contribution in [3.05, 3.63) is 53.2 Å². The molecule has 1 aliphatic rings. The molecule has 1 atom stereocenters. The number of aromatic amines is 1. The molecule has 3 aromatic rings. The second-order valence-electron chi connectivity index (χ2n) is 7.51. The quantitative estimate of drug-likeness (QED) is 0.691. The Labute approximate surface area is 169 Å². The van der Waals surface area contributed by atoms with Gasteiger partial charge in [-0.1, -0.05) is 0 Å². The van der Waals surface area contributed by atoms with Gasteiger partial charge in [0, 0.05) is 35.2 Å². The number of amides is 2. The van der Waals surface area contributed by atoms with E-state index in [0.29, 0.717) is 12.3 Å². The molecule has 1 aromatic heterocycles. The molecule has 4 rings (SSSR count). The highest BCUT2D eigenvalue weighted by Crippen LogP contribution is 2.34. The molecule has 0 saturated carbocycles. The van der Waals surface area contributed by atoms with Crippen molar-refractivity contribution >= 4 is 34.1 Å². The third kappa shape index (κ3) is 3.35. The zero-order chi connectivity index (χ0) is 20.7. The van der Waals surface area contributed by atoms with Crippen LogP contribution in [0.2, 0.25) is 0 Å². The van der Waals surface area contributed by atoms with Crippen LogP contribution in [0.1, 0.15) is 42.4 Å². The first kappa shape index (κ1) is 19.1. The standard InChI is InChI=1S/C23H25N3O3/c1-5-29-18-7-8-20-19(12-18)14(3)22(25-20)23(28)24-17-6-9-21-16(11-17)10-13(2)26(21)15(4)27/h6-9,11-13,25H,5,10H2,1-4H3,(H,24,28)/t13-/m1/s1. The van der Waals surface area contributed by atoms with Gasteiger partial charge in [-0.3, -0.25) is 9.59 Å². The Hall–Kier alpha value is -3.28. The topological polar surface area (TPSA) is 74.4 Å². The van der Waals surface area contributed by atoms with Crippen LogP contribution in [0, 0.1) is 6.92 Å². The molecule has 2 heterocycles. The fourth-order valence-corrected chi connectivity index (χ4v) is 4.17. The van der Waals surface area contributed by atoms with Crippen LogP contribution in [0.3, 0.4) is 0 Å². The van der Waals surface area contributed by atoms with Gasteiger partial charge in [-0.05, 0) is 74.7 Å². The molecule has 0 fully saturated rings. The molecular formula is C23H25N3O3. The fraction of sp³-hybridized carbons (Fsp3) is 0.304. The monoisotopic (exact) mass is 391 g/mol. The molecule has 0 aliphatic carbocycles. The van der Waals surface area contributed by atoms with E-state index in [-0.39, 0.29) is 17.9 Å². The third-order valence-electron chi connectivity index (χ3n) is 5.46. The maximum absolute atomic E-state index is 12.9. The molecule has 2 aromatic carbocycles. The van der Waals surface area contributed by atoms with Crippen LogP contribution in [0.4, 0.5) is 11.4 Å². The van der Waals surface area contributed by atoms with Crippen molar-refractivity contribution in [2.75, 3.05) is 16.8 Å². The smallest absolute Gasteiger partial charge is 0.272 e. The second kappa shape index (κ2) is 7.28. The lowest BCUT2D eigenvalue weighted by molar-refractivity contribution is -0.116. The largest absolute Gasteiger partial charge is 0.494 e. The summed E-state index contributed by atoms with van der Waals surface area (Å²) in [6.45, 7) is 8.08. The number of anilines is 2. The lowest BCUT2D eigenvalue weighted by atomic mass is 10.1. The number of aryl methyl sites for hydroxylation is 1. The minimum Gasteiger partial charge on any atom is -0.494 e. The number of nitrogens with zero attached hydrogens (tertiary/aromatic N) is 1. The Morgan fingerprint density at radius 3 is 2.76 bits per heavy atom. The molecular weight excluding hydrogens is 366 g/mol. The third-order valence-corrected chi connectivity index (χ3v) is 5.46. The van der Waals surface area contributed by atoms with Gasteiger partial charge in [-0.25, -0.2) is 0 Å². The van der Waals surface area contributed by atoms with Crippen molar-refractivity contribution < 1.29 is 14.3 Å². The maximum Gasteiger partial charge on any atom is 0.272 e. The van der Waals surface area contributed by atoms with Crippen LogP contribution in [-0.2, 0) is 11.2 Å². The number of carbonyl (C=O) groups excluding carboxylic acids is 2. The highest BCUT2D eigenvalue weighted by molar-refractivity contribution is 6.08. The molecule has 2 amide bonds. The van der Waals surface area contributed by atoms with E-state index in [2.05, 4.69) is 10.3 Å². The van der Waals surface area contributed by atoms with E-state index in [1.165, 1.54) is 0 Å². The Morgan fingerprint density at radius 1 is 1.24 bits per heavy atom. The van der Waals surface area contributed by atoms with Crippen molar-refractivity contribution in [1.29, 1.82) is 0 Å². The molecule has 0 radical (unpaired) electrons. The Balaban J connectivity index is 1.60. The second-order valence-corrected chi connectivity index (χ2v) is 7.51. The molecule has 0 spiro atoms. The zero-order valence-corrected chi connectivity index (χ0v) is 17.1. The number of rotatable bonds is 4. The first-order valence-corrected chi connectivity index (χ1v) is 9.88. The first-order valence-electron chi connectivity index (χ1n) is 9.88. The summed E-state index contributed by atoms with van der Waals surface area (Å²) in [5.74, 6) is 0.635. The predicted molar refractivity (Wildman–Crippen MR) is 115 cm³/mol. The number of aromatic nitrogens is 1. The Kier molecular flexibility index (Phi) is 4.78. The summed E-state index contributed by atoms with van der Waals surface area (Å²) in [5.41, 5.74) is 5.04. The molecule has 0 saturated heterocycles. The molecule has 1 aliphatic heterocycles. The van der Waals surface area contributed by atoms with Crippen molar-refractivity contribution in [3.8, 4) is 5.75 Å². The van der Waals surface area contributed by atoms with Gasteiger partial charge in [-0.15, -0.1) is 0 Å². The van der Waals surface area contributed by atoms with Crippen LogP contribution in [0.25, 0.3) is 10.9 Å². The first-order chi connectivity index (χ1) is 13.9. The van der Waals surface area contributed by atoms with Crippen molar-refractivity contribution in [2.24, 2.45) is 0 Å². The normalized spacial score (nSPS) is 15.4. The summed E-state index contributed by atoms with van der Waals surface area (Å²) in [5, 5.41) is 3.96. The Morgan fingerprint density at radius 2 is 2.03 bits per heavy atom. The highest BCUT2D eigenvalue weighted by Gasteiger charge is 2.29. The van der Waals surface area contributed by atoms with E-state index in [9.17, 15) is 9.59 Å². The predicted octanol–water partition coefficient (Wildman–Crippen LogP) is 4.42. The van der Waals surface area contributed by atoms with Gasteiger partial charge in [0.25, 0.3) is 5.91 Å². The van der Waals surface area contributed by atoms with Gasteiger partial charge in [-0.2, -0.15) is 0 Å². The van der Waals surface area contributed by atoms with Gasteiger partial charge in [0.05, 0.1) is 6.61 Å². The summed E-state index contributed by atoms with van der Waals surface area (Å²) in [4.78, 5) is 29.8. The van der Waals surface area contributed by atoms with Crippen LogP contribution in [0.5, 0.6) is 5.75 Å². The zero-order valence-electron chi connectivity index (χ0n) is 17.1. The Bertz CT molecular complexity index is 1120. The molecule has 0 bridgehead atoms. The summed E-state index contributed by atoms with van der Waals surface area (Å²) in [6.07, 6.45) is 0.782. The van der Waals surface area contributed by atoms with Gasteiger partial charge >= 0.3 is 0 Å². The summed E-state index contributed by atoms with van der Waals surface area (Å²) < 4.78 is 5.57. The highest BCUT2D eigenvalue weighted by atomic mass is 16.5. The average Bonchev–Trinajstić information content (AvgIpc) is 3.18. The van der Waals surface area contributed by atoms with E-state index in [4.69, 9.17) is 4.74 Å². The number of H-pyrrole nitrogens is 1. The number of nitrogens with one attached hydrogen (secondary N) is 2. The number of fused-ring (bicyclic) bond motifs is 2. The molecule has 6 heteroatoms. The van der Waals surface area contributed by atoms with Crippen molar-refractivity contribution in [3.63, 3.8) is 0 Å². The fourth-order valence-electron chi connectivity index (χ4n) is 4.17. The molecule has 0 unspecified atom stereocenters. The minimum atomic E-state index is -0.189. The minimum absolute atomic E-state index is 0.0353. The maximum atomic E-state index is 12.9. The van der Waals surface area contributed by atoms with E-state index >= 15 is 0 Å². The van der Waals surface area contributed by atoms with Crippen molar-refractivity contribution in [1.82, 2.24) is 4.98 Å². The summed E-state index contributed by atoms with van der Waals surface area (Å²) in [6, 6.07) is 11.6. The number of hydrogen-bond donors (Lipinski definition) is 2. The van der Waals surface area contributed by atoms with E-state index < -0.39 is 0 Å². The molecule has 150 valence electrons. The van der Waals surface area contributed by atoms with E-state index in [1.807, 2.05) is 57.2 Å². The lowest BCUT2D eigenvalue weighted by Crippen LogP contribution is -2.33. The molecule has 6 nitrogen and oxygen atoms in total. The van der Waals surface area contributed by atoms with Gasteiger partial charge in [0.2, 0.25) is 5.91 Å². The lowest BCUT2D eigenvalue weighted by Gasteiger charge is -2.20. The summed E-state index contributed by atoms with van der Waals surface area (Å²) >= 11 is 0. The number of benzene rings is 2. The van der Waals surface area contributed by atoms with Crippen LogP contribution >= 0.6 is 0 Å². The van der Waals surface area contributed by atoms with Gasteiger partial charge in [0.15, 0.2) is 0 Å². The van der Waals surface area contributed by atoms with Gasteiger partial charge < -0.3 is 19.9 Å². The number of hydrogen-bond acceptors (Lipinski definition) is 3. The average molecular weight is 391 g/mol. The van der Waals surface area contributed by atoms with Crippen molar-refractivity contribution in [2.45, 2.75) is 40.2 Å². The van der Waals surface area contributed by atoms with Gasteiger partial charge in [0.1, 0.15) is 11.4 Å². The number of ether oxygens (including phenoxy) is 1. The van der Waals surface area contributed by atoms with Crippen LogP contribution in [0.15, 0.2) is 36.4 Å². The summed E-state index contributed by atoms with van der Waals surface area (Å²) in [7, 11) is 0.